The second kappa shape index (κ2) is 5.92. The predicted molar refractivity (Wildman–Crippen MR) is 76.7 cm³/mol. The molecule has 4 atom stereocenters. The summed E-state index contributed by atoms with van der Waals surface area (Å²) in [7, 11) is 0. The average Bonchev–Trinajstić information content (AvgIpc) is 3.25. The van der Waals surface area contributed by atoms with E-state index in [1.165, 1.54) is 64.3 Å². The molecule has 1 aliphatic heterocycles. The molecule has 2 nitrogen and oxygen atoms in total. The first-order chi connectivity index (χ1) is 8.84. The van der Waals surface area contributed by atoms with Gasteiger partial charge in [-0.15, -0.1) is 0 Å². The normalized spacial score (nSPS) is 39.5. The van der Waals surface area contributed by atoms with E-state index in [0.29, 0.717) is 0 Å². The van der Waals surface area contributed by atoms with E-state index in [1.54, 1.807) is 0 Å². The minimum absolute atomic E-state index is 0.763. The number of hydrogen-bond donors (Lipinski definition) is 2. The highest BCUT2D eigenvalue weighted by Crippen LogP contribution is 2.35. The Balaban J connectivity index is 1.57. The van der Waals surface area contributed by atoms with E-state index in [0.717, 1.165) is 30.0 Å². The average molecular weight is 250 g/mol. The molecule has 104 valence electrons. The molecular weight excluding hydrogens is 220 g/mol. The quantitative estimate of drug-likeness (QED) is 0.801. The Morgan fingerprint density at radius 1 is 0.944 bits per heavy atom. The van der Waals surface area contributed by atoms with Gasteiger partial charge >= 0.3 is 0 Å². The molecule has 0 spiro atoms. The molecule has 2 aliphatic carbocycles. The minimum Gasteiger partial charge on any atom is -0.314 e. The van der Waals surface area contributed by atoms with Crippen molar-refractivity contribution in [1.29, 1.82) is 0 Å². The van der Waals surface area contributed by atoms with Crippen LogP contribution < -0.4 is 10.6 Å². The van der Waals surface area contributed by atoms with E-state index in [2.05, 4.69) is 17.6 Å². The third kappa shape index (κ3) is 3.08. The van der Waals surface area contributed by atoms with Crippen LogP contribution in [-0.2, 0) is 0 Å². The van der Waals surface area contributed by atoms with Gasteiger partial charge in [-0.3, -0.25) is 0 Å². The van der Waals surface area contributed by atoms with Crippen molar-refractivity contribution in [3.05, 3.63) is 0 Å². The standard InChI is InChI=1S/C16H30N2/c1-12(13-9-10-13)18-16-8-3-2-6-14(16)15-7-4-5-11-17-15/h12-18H,2-11H2,1H3. The number of nitrogens with one attached hydrogen (secondary N) is 2. The van der Waals surface area contributed by atoms with Gasteiger partial charge in [-0.1, -0.05) is 19.3 Å². The van der Waals surface area contributed by atoms with Gasteiger partial charge in [0.25, 0.3) is 0 Å². The van der Waals surface area contributed by atoms with Gasteiger partial charge in [-0.2, -0.15) is 0 Å². The summed E-state index contributed by atoms with van der Waals surface area (Å²) in [6.07, 6.45) is 12.9. The van der Waals surface area contributed by atoms with Gasteiger partial charge in [0.2, 0.25) is 0 Å². The zero-order chi connectivity index (χ0) is 12.4. The van der Waals surface area contributed by atoms with Crippen molar-refractivity contribution in [1.82, 2.24) is 10.6 Å². The Morgan fingerprint density at radius 2 is 1.72 bits per heavy atom. The Morgan fingerprint density at radius 3 is 2.44 bits per heavy atom. The van der Waals surface area contributed by atoms with Gasteiger partial charge in [0.1, 0.15) is 0 Å². The van der Waals surface area contributed by atoms with E-state index in [4.69, 9.17) is 0 Å². The lowest BCUT2D eigenvalue weighted by atomic mass is 9.77. The molecule has 2 saturated carbocycles. The molecule has 0 bridgehead atoms. The van der Waals surface area contributed by atoms with Crippen LogP contribution in [0.1, 0.15) is 64.7 Å². The van der Waals surface area contributed by atoms with Gasteiger partial charge in [0.05, 0.1) is 0 Å². The topological polar surface area (TPSA) is 24.1 Å². The van der Waals surface area contributed by atoms with Gasteiger partial charge in [-0.05, 0) is 63.8 Å². The Hall–Kier alpha value is -0.0800. The van der Waals surface area contributed by atoms with Crippen molar-refractivity contribution < 1.29 is 0 Å². The van der Waals surface area contributed by atoms with Gasteiger partial charge in [-0.25, -0.2) is 0 Å². The number of piperidine rings is 1. The SMILES string of the molecule is CC(NC1CCCCC1C1CCCCN1)C1CC1. The van der Waals surface area contributed by atoms with Crippen LogP contribution in [0.4, 0.5) is 0 Å². The van der Waals surface area contributed by atoms with Crippen LogP contribution in [0.25, 0.3) is 0 Å². The lowest BCUT2D eigenvalue weighted by Crippen LogP contribution is -2.52. The highest BCUT2D eigenvalue weighted by atomic mass is 15.0. The summed E-state index contributed by atoms with van der Waals surface area (Å²) < 4.78 is 0. The van der Waals surface area contributed by atoms with Gasteiger partial charge in [0.15, 0.2) is 0 Å². The fraction of sp³-hybridized carbons (Fsp3) is 1.00. The van der Waals surface area contributed by atoms with Crippen LogP contribution >= 0.6 is 0 Å². The number of rotatable bonds is 4. The molecule has 0 amide bonds. The number of hydrogen-bond acceptors (Lipinski definition) is 2. The second-order valence-electron chi connectivity index (χ2n) is 6.90. The molecule has 1 saturated heterocycles. The highest BCUT2D eigenvalue weighted by molar-refractivity contribution is 4.93. The molecule has 0 aromatic rings. The van der Waals surface area contributed by atoms with Crippen molar-refractivity contribution in [2.45, 2.75) is 82.8 Å². The van der Waals surface area contributed by atoms with Crippen molar-refractivity contribution >= 4 is 0 Å². The molecule has 2 heteroatoms. The maximum absolute atomic E-state index is 3.99. The van der Waals surface area contributed by atoms with Crippen LogP contribution in [0.3, 0.4) is 0 Å². The summed E-state index contributed by atoms with van der Waals surface area (Å²) in [6, 6.07) is 2.37. The summed E-state index contributed by atoms with van der Waals surface area (Å²) in [6.45, 7) is 3.67. The lowest BCUT2D eigenvalue weighted by molar-refractivity contribution is 0.170. The predicted octanol–water partition coefficient (Wildman–Crippen LogP) is 3.08. The fourth-order valence-electron chi connectivity index (χ4n) is 4.16. The molecular formula is C16H30N2. The van der Waals surface area contributed by atoms with E-state index in [1.807, 2.05) is 0 Å². The Kier molecular flexibility index (Phi) is 4.25. The molecule has 2 N–H and O–H groups in total. The van der Waals surface area contributed by atoms with Crippen LogP contribution in [0.15, 0.2) is 0 Å². The molecule has 0 aromatic carbocycles. The monoisotopic (exact) mass is 250 g/mol. The van der Waals surface area contributed by atoms with Crippen LogP contribution in [0, 0.1) is 11.8 Å². The van der Waals surface area contributed by atoms with E-state index in [9.17, 15) is 0 Å². The summed E-state index contributed by atoms with van der Waals surface area (Å²) in [5.41, 5.74) is 0. The van der Waals surface area contributed by atoms with E-state index >= 15 is 0 Å². The first-order valence-electron chi connectivity index (χ1n) is 8.34. The van der Waals surface area contributed by atoms with Crippen molar-refractivity contribution in [2.75, 3.05) is 6.54 Å². The summed E-state index contributed by atoms with van der Waals surface area (Å²) in [4.78, 5) is 0. The maximum Gasteiger partial charge on any atom is 0.0113 e. The van der Waals surface area contributed by atoms with Crippen LogP contribution in [0.5, 0.6) is 0 Å². The minimum atomic E-state index is 0.763. The van der Waals surface area contributed by atoms with Crippen LogP contribution in [0.2, 0.25) is 0 Å². The zero-order valence-corrected chi connectivity index (χ0v) is 12.0. The van der Waals surface area contributed by atoms with Gasteiger partial charge < -0.3 is 10.6 Å². The largest absolute Gasteiger partial charge is 0.314 e. The first kappa shape index (κ1) is 12.9. The molecule has 18 heavy (non-hydrogen) atoms. The summed E-state index contributed by atoms with van der Waals surface area (Å²) in [5.74, 6) is 1.90. The molecule has 1 heterocycles. The van der Waals surface area contributed by atoms with E-state index in [-0.39, 0.29) is 0 Å². The lowest BCUT2D eigenvalue weighted by Gasteiger charge is -2.41. The van der Waals surface area contributed by atoms with E-state index < -0.39 is 0 Å². The first-order valence-corrected chi connectivity index (χ1v) is 8.34. The molecule has 3 rings (SSSR count). The smallest absolute Gasteiger partial charge is 0.0113 e. The fourth-order valence-corrected chi connectivity index (χ4v) is 4.16. The Labute approximate surface area is 112 Å². The molecule has 3 aliphatic rings. The highest BCUT2D eigenvalue weighted by Gasteiger charge is 2.35. The summed E-state index contributed by atoms with van der Waals surface area (Å²) in [5, 5.41) is 7.79. The molecule has 0 aromatic heterocycles. The van der Waals surface area contributed by atoms with Crippen molar-refractivity contribution in [2.24, 2.45) is 11.8 Å². The van der Waals surface area contributed by atoms with Crippen molar-refractivity contribution in [3.63, 3.8) is 0 Å². The van der Waals surface area contributed by atoms with Crippen LogP contribution in [-0.4, -0.2) is 24.7 Å². The summed E-state index contributed by atoms with van der Waals surface area (Å²) >= 11 is 0. The maximum atomic E-state index is 3.99. The third-order valence-corrected chi connectivity index (χ3v) is 5.49. The molecule has 3 fully saturated rings. The van der Waals surface area contributed by atoms with Gasteiger partial charge in [0, 0.05) is 18.1 Å². The van der Waals surface area contributed by atoms with Crippen molar-refractivity contribution in [3.8, 4) is 0 Å². The third-order valence-electron chi connectivity index (χ3n) is 5.49. The second-order valence-corrected chi connectivity index (χ2v) is 6.90. The molecule has 4 unspecified atom stereocenters. The Bertz CT molecular complexity index is 256. The molecule has 0 radical (unpaired) electrons. The zero-order valence-electron chi connectivity index (χ0n) is 12.0.